The van der Waals surface area contributed by atoms with E-state index in [1.165, 1.54) is 37.9 Å². The fourth-order valence-electron chi connectivity index (χ4n) is 6.68. The molecule has 12 heteroatoms. The van der Waals surface area contributed by atoms with E-state index >= 15 is 0 Å². The monoisotopic (exact) mass is 560 g/mol. The predicted molar refractivity (Wildman–Crippen MR) is 146 cm³/mol. The summed E-state index contributed by atoms with van der Waals surface area (Å²) in [5, 5.41) is 2.97. The van der Waals surface area contributed by atoms with Gasteiger partial charge in [-0.2, -0.15) is 0 Å². The number of carbonyl (C=O) groups is 1. The van der Waals surface area contributed by atoms with Gasteiger partial charge >= 0.3 is 0 Å². The molecule has 1 aromatic heterocycles. The molecule has 2 bridgehead atoms. The first-order valence-corrected chi connectivity index (χ1v) is 15.4. The fourth-order valence-corrected chi connectivity index (χ4v) is 7.31. The van der Waals surface area contributed by atoms with Gasteiger partial charge in [-0.3, -0.25) is 9.52 Å². The molecule has 2 atom stereocenters. The third-order valence-corrected chi connectivity index (χ3v) is 10.4. The number of benzene rings is 1. The minimum atomic E-state index is -3.46. The van der Waals surface area contributed by atoms with Crippen molar-refractivity contribution in [3.05, 3.63) is 36.2 Å². The minimum Gasteiger partial charge on any atom is -0.369 e. The van der Waals surface area contributed by atoms with Gasteiger partial charge in [-0.15, -0.1) is 0 Å². The molecule has 0 radical (unpaired) electrons. The molecule has 1 amide bonds. The highest BCUT2D eigenvalue weighted by molar-refractivity contribution is 7.92. The van der Waals surface area contributed by atoms with Crippen LogP contribution in [0.25, 0.3) is 0 Å². The van der Waals surface area contributed by atoms with Crippen LogP contribution >= 0.6 is 0 Å². The van der Waals surface area contributed by atoms with E-state index in [1.807, 2.05) is 0 Å². The standard InChI is InChI=1S/C27H34F2N6O3S/c1-2-39(37,38)33-20-5-6-21(23(15-20)35-16-18-3-4-19(17-35)26(18)8-9-26)31-24(36)22-7-12-30-25(32-22)34-13-10-27(28,29)11-14-34/h5-7,12,15,18-19,33H,2-4,8-11,13-14,16-17H2,1H3,(H,31,36)/t18-,19+. The number of sulfonamides is 1. The van der Waals surface area contributed by atoms with Crippen LogP contribution in [-0.2, 0) is 10.0 Å². The van der Waals surface area contributed by atoms with Gasteiger partial charge < -0.3 is 15.1 Å². The van der Waals surface area contributed by atoms with E-state index in [4.69, 9.17) is 0 Å². The van der Waals surface area contributed by atoms with Gasteiger partial charge in [-0.1, -0.05) is 0 Å². The first-order valence-electron chi connectivity index (χ1n) is 13.7. The fraction of sp³-hybridized carbons (Fsp3) is 0.593. The van der Waals surface area contributed by atoms with E-state index in [1.54, 1.807) is 30.0 Å². The number of amides is 1. The Bertz CT molecular complexity index is 1360. The molecule has 3 heterocycles. The van der Waals surface area contributed by atoms with Crippen LogP contribution in [0.4, 0.5) is 31.8 Å². The Morgan fingerprint density at radius 2 is 1.74 bits per heavy atom. The van der Waals surface area contributed by atoms with Crippen LogP contribution in [0.5, 0.6) is 0 Å². The molecule has 4 fully saturated rings. The smallest absolute Gasteiger partial charge is 0.274 e. The van der Waals surface area contributed by atoms with Crippen molar-refractivity contribution in [1.82, 2.24) is 9.97 Å². The van der Waals surface area contributed by atoms with Crippen LogP contribution < -0.4 is 19.8 Å². The quantitative estimate of drug-likeness (QED) is 0.518. The van der Waals surface area contributed by atoms with E-state index in [0.717, 1.165) is 18.8 Å². The summed E-state index contributed by atoms with van der Waals surface area (Å²) in [6.45, 7) is 3.58. The SMILES string of the molecule is CCS(=O)(=O)Nc1ccc(NC(=O)c2ccnc(N3CCC(F)(F)CC3)n2)c(N2C[C@H]3CC[C@@H](C2)C32CC2)c1. The molecule has 1 aromatic carbocycles. The highest BCUT2D eigenvalue weighted by atomic mass is 32.2. The lowest BCUT2D eigenvalue weighted by atomic mass is 9.81. The average Bonchev–Trinajstić information content (AvgIpc) is 3.67. The third-order valence-electron chi connectivity index (χ3n) is 9.09. The molecule has 2 aromatic rings. The van der Waals surface area contributed by atoms with Crippen LogP contribution in [-0.4, -0.2) is 62.1 Å². The van der Waals surface area contributed by atoms with Crippen molar-refractivity contribution in [2.45, 2.75) is 51.4 Å². The van der Waals surface area contributed by atoms with Gasteiger partial charge in [-0.25, -0.2) is 27.2 Å². The van der Waals surface area contributed by atoms with Crippen molar-refractivity contribution >= 4 is 38.9 Å². The molecule has 2 saturated carbocycles. The highest BCUT2D eigenvalue weighted by Crippen LogP contribution is 2.66. The zero-order valence-corrected chi connectivity index (χ0v) is 22.8. The van der Waals surface area contributed by atoms with Gasteiger partial charge in [0.05, 0.1) is 22.8 Å². The predicted octanol–water partition coefficient (Wildman–Crippen LogP) is 4.35. The Labute approximate surface area is 227 Å². The Balaban J connectivity index is 1.25. The molecular weight excluding hydrogens is 526 g/mol. The molecule has 2 saturated heterocycles. The van der Waals surface area contributed by atoms with Gasteiger partial charge in [0.1, 0.15) is 5.69 Å². The third kappa shape index (κ3) is 5.15. The van der Waals surface area contributed by atoms with Crippen LogP contribution in [0.2, 0.25) is 0 Å². The van der Waals surface area contributed by atoms with Crippen molar-refractivity contribution in [3.63, 3.8) is 0 Å². The topological polar surface area (TPSA) is 108 Å². The number of piperidine rings is 2. The number of halogens is 2. The van der Waals surface area contributed by atoms with Crippen LogP contribution in [0.1, 0.15) is 55.9 Å². The van der Waals surface area contributed by atoms with Crippen LogP contribution in [0.15, 0.2) is 30.5 Å². The van der Waals surface area contributed by atoms with Crippen molar-refractivity contribution in [1.29, 1.82) is 0 Å². The summed E-state index contributed by atoms with van der Waals surface area (Å²) >= 11 is 0. The van der Waals surface area contributed by atoms with E-state index in [-0.39, 0.29) is 43.3 Å². The lowest BCUT2D eigenvalue weighted by Gasteiger charge is -2.40. The molecule has 1 spiro atoms. The second-order valence-electron chi connectivity index (χ2n) is 11.4. The van der Waals surface area contributed by atoms with E-state index < -0.39 is 21.9 Å². The molecule has 4 aliphatic rings. The largest absolute Gasteiger partial charge is 0.369 e. The molecule has 210 valence electrons. The summed E-state index contributed by atoms with van der Waals surface area (Å²) in [6.07, 6.45) is 5.91. The van der Waals surface area contributed by atoms with Crippen molar-refractivity contribution < 1.29 is 22.0 Å². The van der Waals surface area contributed by atoms with Crippen molar-refractivity contribution in [2.24, 2.45) is 17.3 Å². The van der Waals surface area contributed by atoms with Gasteiger partial charge in [-0.05, 0) is 74.1 Å². The zero-order chi connectivity index (χ0) is 27.4. The molecule has 2 aliphatic carbocycles. The maximum absolute atomic E-state index is 13.6. The molecule has 6 rings (SSSR count). The number of carbonyl (C=O) groups excluding carboxylic acids is 1. The van der Waals surface area contributed by atoms with Crippen molar-refractivity contribution in [3.8, 4) is 0 Å². The summed E-state index contributed by atoms with van der Waals surface area (Å²) in [5.41, 5.74) is 2.42. The number of hydrogen-bond acceptors (Lipinski definition) is 7. The van der Waals surface area contributed by atoms with Crippen LogP contribution in [0.3, 0.4) is 0 Å². The number of alkyl halides is 2. The van der Waals surface area contributed by atoms with Gasteiger partial charge in [0.25, 0.3) is 11.8 Å². The highest BCUT2D eigenvalue weighted by Gasteiger charge is 2.60. The molecule has 2 aliphatic heterocycles. The van der Waals surface area contributed by atoms with Gasteiger partial charge in [0.2, 0.25) is 16.0 Å². The number of rotatable bonds is 7. The zero-order valence-electron chi connectivity index (χ0n) is 22.0. The molecular formula is C27H34F2N6O3S. The number of anilines is 4. The number of nitrogens with zero attached hydrogens (tertiary/aromatic N) is 4. The lowest BCUT2D eigenvalue weighted by Crippen LogP contribution is -2.43. The molecule has 2 N–H and O–H groups in total. The van der Waals surface area contributed by atoms with Crippen LogP contribution in [0, 0.1) is 17.3 Å². The normalized spacial score (nSPS) is 25.0. The average molecular weight is 561 g/mol. The van der Waals surface area contributed by atoms with E-state index in [0.29, 0.717) is 28.6 Å². The second kappa shape index (κ2) is 9.57. The summed E-state index contributed by atoms with van der Waals surface area (Å²) in [6, 6.07) is 6.66. The molecule has 39 heavy (non-hydrogen) atoms. The summed E-state index contributed by atoms with van der Waals surface area (Å²) in [7, 11) is -3.46. The number of nitrogens with one attached hydrogen (secondary N) is 2. The lowest BCUT2D eigenvalue weighted by molar-refractivity contribution is -0.0222. The maximum atomic E-state index is 13.6. The Kier molecular flexibility index (Phi) is 6.43. The second-order valence-corrected chi connectivity index (χ2v) is 13.4. The summed E-state index contributed by atoms with van der Waals surface area (Å²) in [4.78, 5) is 25.9. The number of aromatic nitrogens is 2. The van der Waals surface area contributed by atoms with Gasteiger partial charge in [0, 0.05) is 45.2 Å². The first-order chi connectivity index (χ1) is 18.6. The summed E-state index contributed by atoms with van der Waals surface area (Å²) in [5.74, 6) is -1.70. The first kappa shape index (κ1) is 26.2. The van der Waals surface area contributed by atoms with E-state index in [2.05, 4.69) is 24.9 Å². The summed E-state index contributed by atoms with van der Waals surface area (Å²) < 4.78 is 54.3. The van der Waals surface area contributed by atoms with Gasteiger partial charge in [0.15, 0.2) is 0 Å². The Morgan fingerprint density at radius 1 is 1.05 bits per heavy atom. The minimum absolute atomic E-state index is 0.0398. The Hall–Kier alpha value is -3.02. The molecule has 0 unspecified atom stereocenters. The van der Waals surface area contributed by atoms with Crippen molar-refractivity contribution in [2.75, 3.05) is 51.8 Å². The Morgan fingerprint density at radius 3 is 2.38 bits per heavy atom. The molecule has 9 nitrogen and oxygen atoms in total. The van der Waals surface area contributed by atoms with E-state index in [9.17, 15) is 22.0 Å². The number of hydrogen-bond donors (Lipinski definition) is 2. The maximum Gasteiger partial charge on any atom is 0.274 e.